The highest BCUT2D eigenvalue weighted by atomic mass is 15.2. The molecule has 0 saturated heterocycles. The van der Waals surface area contributed by atoms with Gasteiger partial charge >= 0.3 is 6.85 Å². The maximum Gasteiger partial charge on any atom is 0.333 e. The predicted octanol–water partition coefficient (Wildman–Crippen LogP) is 16.6. The van der Waals surface area contributed by atoms with Gasteiger partial charge in [-0.1, -0.05) is 132 Å². The van der Waals surface area contributed by atoms with Gasteiger partial charge in [0.1, 0.15) is 0 Å². The largest absolute Gasteiger partial charge is 0.375 e. The molecule has 0 aliphatic carbocycles. The summed E-state index contributed by atoms with van der Waals surface area (Å²) < 4.78 is 2.69. The molecule has 4 heteroatoms. The minimum atomic E-state index is -0.128. The fourth-order valence-electron chi connectivity index (χ4n) is 12.9. The minimum absolute atomic E-state index is 0.128. The number of aryl methyl sites for hydroxylation is 6. The summed E-state index contributed by atoms with van der Waals surface area (Å²) in [6, 6.07) is 72.3. The summed E-state index contributed by atoms with van der Waals surface area (Å²) in [5.74, 6) is 0. The van der Waals surface area contributed by atoms with E-state index in [-0.39, 0.29) is 6.85 Å². The molecule has 342 valence electrons. The molecule has 0 unspecified atom stereocenters. The van der Waals surface area contributed by atoms with E-state index in [1.807, 2.05) is 12.1 Å². The molecule has 0 fully saturated rings. The molecule has 72 heavy (non-hydrogen) atoms. The molecule has 0 N–H and O–H groups in total. The summed E-state index contributed by atoms with van der Waals surface area (Å²) in [6.45, 7) is 15.6. The van der Waals surface area contributed by atoms with Crippen molar-refractivity contribution in [2.24, 2.45) is 0 Å². The van der Waals surface area contributed by atoms with Gasteiger partial charge in [0.05, 0.1) is 11.6 Å². The van der Waals surface area contributed by atoms with Gasteiger partial charge in [-0.25, -0.2) is 0 Å². The Morgan fingerprint density at radius 2 is 0.972 bits per heavy atom. The van der Waals surface area contributed by atoms with Gasteiger partial charge in [-0.05, 0) is 215 Å². The number of fused-ring (bicyclic) bond motifs is 7. The van der Waals surface area contributed by atoms with Crippen LogP contribution in [0.25, 0.3) is 88.6 Å². The van der Waals surface area contributed by atoms with Crippen LogP contribution in [0.4, 0.5) is 17.1 Å². The van der Waals surface area contributed by atoms with E-state index >= 15 is 0 Å². The third-order valence-corrected chi connectivity index (χ3v) is 15.7. The average Bonchev–Trinajstić information content (AvgIpc) is 3.72. The molecular weight excluding hydrogens is 870 g/mol. The zero-order valence-corrected chi connectivity index (χ0v) is 41.8. The van der Waals surface area contributed by atoms with Crippen molar-refractivity contribution in [2.75, 3.05) is 4.90 Å². The first-order valence-corrected chi connectivity index (χ1v) is 25.2. The molecule has 10 aromatic carbocycles. The van der Waals surface area contributed by atoms with Crippen molar-refractivity contribution >= 4 is 56.6 Å². The summed E-state index contributed by atoms with van der Waals surface area (Å²) in [4.78, 5) is 2.54. The van der Waals surface area contributed by atoms with Gasteiger partial charge in [0, 0.05) is 44.4 Å². The number of para-hydroxylation sites is 1. The molecule has 0 atom stereocenters. The molecule has 2 aliphatic heterocycles. The second-order valence-corrected chi connectivity index (χ2v) is 20.4. The zero-order valence-electron chi connectivity index (χ0n) is 41.8. The van der Waals surface area contributed by atoms with E-state index < -0.39 is 0 Å². The van der Waals surface area contributed by atoms with E-state index in [0.29, 0.717) is 5.56 Å². The van der Waals surface area contributed by atoms with Crippen LogP contribution in [0.1, 0.15) is 44.5 Å². The molecule has 13 rings (SSSR count). The Bertz CT molecular complexity index is 4010. The number of nitriles is 1. The smallest absolute Gasteiger partial charge is 0.333 e. The van der Waals surface area contributed by atoms with E-state index in [1.54, 1.807) is 0 Å². The van der Waals surface area contributed by atoms with E-state index in [1.165, 1.54) is 116 Å². The highest BCUT2D eigenvalue weighted by Gasteiger charge is 2.44. The summed E-state index contributed by atoms with van der Waals surface area (Å²) in [5.41, 5.74) is 32.5. The first kappa shape index (κ1) is 43.4. The molecule has 2 aliphatic rings. The van der Waals surface area contributed by atoms with Crippen LogP contribution in [-0.4, -0.2) is 11.3 Å². The van der Waals surface area contributed by atoms with Crippen LogP contribution < -0.4 is 15.8 Å². The number of aromatic nitrogens is 1. The Morgan fingerprint density at radius 1 is 0.417 bits per heavy atom. The molecule has 1 aromatic heterocycles. The Hall–Kier alpha value is -8.65. The van der Waals surface area contributed by atoms with Gasteiger partial charge in [0.25, 0.3) is 0 Å². The highest BCUT2D eigenvalue weighted by Crippen LogP contribution is 2.51. The standard InChI is InChI=1S/C68H52BN3/c1-40-28-42(3)64(43(4)29-40)51-26-27-61-57(35-51)58-36-54(65-44(5)30-41(2)31-45(65)6)37-59-66-46(7)56(50-24-22-47(39-70)23-25-50)38-63-67(66)69(72(61)68(58)59)60-20-14-15-21-62(60)71(63)55-33-52(48-16-10-8-11-17-48)32-53(34-55)49-18-12-9-13-19-49/h8-38H,1-7H3. The quantitative estimate of drug-likeness (QED) is 0.156. The summed E-state index contributed by atoms with van der Waals surface area (Å²) in [7, 11) is 0. The lowest BCUT2D eigenvalue weighted by molar-refractivity contribution is 1.25. The maximum absolute atomic E-state index is 9.97. The first-order chi connectivity index (χ1) is 35.0. The van der Waals surface area contributed by atoms with Gasteiger partial charge in [0.2, 0.25) is 0 Å². The Labute approximate surface area is 423 Å². The second-order valence-electron chi connectivity index (χ2n) is 20.4. The number of rotatable bonds is 6. The summed E-state index contributed by atoms with van der Waals surface area (Å²) >= 11 is 0. The molecule has 0 bridgehead atoms. The molecular formula is C68H52BN3. The monoisotopic (exact) mass is 921 g/mol. The topological polar surface area (TPSA) is 32.0 Å². The van der Waals surface area contributed by atoms with E-state index in [4.69, 9.17) is 0 Å². The van der Waals surface area contributed by atoms with Crippen LogP contribution in [0.2, 0.25) is 0 Å². The molecule has 0 saturated carbocycles. The van der Waals surface area contributed by atoms with Crippen LogP contribution in [0.5, 0.6) is 0 Å². The third-order valence-electron chi connectivity index (χ3n) is 15.7. The van der Waals surface area contributed by atoms with Crippen LogP contribution in [0, 0.1) is 59.8 Å². The van der Waals surface area contributed by atoms with Crippen molar-refractivity contribution in [1.29, 1.82) is 5.26 Å². The Kier molecular flexibility index (Phi) is 9.93. The summed E-state index contributed by atoms with van der Waals surface area (Å²) in [6.07, 6.45) is 0. The SMILES string of the molecule is Cc1cc(C)c(-c2ccc3c(c2)c2cc(-c4c(C)cc(C)cc4C)cc4c2n3B2c3ccccc3N(c3cc(-c5ccccc5)cc(-c5ccccc5)c3)c3cc(-c5ccc(C#N)cc5)c(C)c-4c32)c(C)c1. The number of nitrogens with zero attached hydrogens (tertiary/aromatic N) is 3. The lowest BCUT2D eigenvalue weighted by Gasteiger charge is -2.42. The van der Waals surface area contributed by atoms with Crippen molar-refractivity contribution < 1.29 is 0 Å². The average molecular weight is 922 g/mol. The number of hydrogen-bond donors (Lipinski definition) is 0. The van der Waals surface area contributed by atoms with Crippen LogP contribution >= 0.6 is 0 Å². The number of anilines is 3. The van der Waals surface area contributed by atoms with Crippen molar-refractivity contribution in [1.82, 2.24) is 4.48 Å². The van der Waals surface area contributed by atoms with Crippen molar-refractivity contribution in [3.63, 3.8) is 0 Å². The maximum atomic E-state index is 9.97. The van der Waals surface area contributed by atoms with Gasteiger partial charge in [-0.3, -0.25) is 0 Å². The van der Waals surface area contributed by atoms with Gasteiger partial charge in [0.15, 0.2) is 0 Å². The van der Waals surface area contributed by atoms with E-state index in [9.17, 15) is 5.26 Å². The minimum Gasteiger partial charge on any atom is -0.375 e. The highest BCUT2D eigenvalue weighted by molar-refractivity contribution is 6.90. The lowest BCUT2D eigenvalue weighted by atomic mass is 9.44. The fraction of sp³-hybridized carbons (Fsp3) is 0.103. The zero-order chi connectivity index (χ0) is 49.1. The van der Waals surface area contributed by atoms with E-state index in [2.05, 4.69) is 240 Å². The molecule has 3 heterocycles. The lowest BCUT2D eigenvalue weighted by Crippen LogP contribution is -2.56. The Balaban J connectivity index is 1.19. The van der Waals surface area contributed by atoms with Gasteiger partial charge in [-0.15, -0.1) is 0 Å². The van der Waals surface area contributed by atoms with Gasteiger partial charge < -0.3 is 9.38 Å². The van der Waals surface area contributed by atoms with Gasteiger partial charge in [-0.2, -0.15) is 5.26 Å². The number of benzene rings is 10. The first-order valence-electron chi connectivity index (χ1n) is 25.2. The van der Waals surface area contributed by atoms with Crippen LogP contribution in [-0.2, 0) is 0 Å². The van der Waals surface area contributed by atoms with Crippen molar-refractivity contribution in [3.8, 4) is 72.8 Å². The molecule has 3 nitrogen and oxygen atoms in total. The molecule has 0 radical (unpaired) electrons. The second kappa shape index (κ2) is 16.5. The van der Waals surface area contributed by atoms with Crippen molar-refractivity contribution in [3.05, 3.63) is 233 Å². The fourth-order valence-corrected chi connectivity index (χ4v) is 12.9. The molecule has 0 spiro atoms. The normalized spacial score (nSPS) is 12.3. The third kappa shape index (κ3) is 6.65. The summed E-state index contributed by atoms with van der Waals surface area (Å²) in [5, 5.41) is 12.5. The van der Waals surface area contributed by atoms with Crippen LogP contribution in [0.15, 0.2) is 188 Å². The van der Waals surface area contributed by atoms with E-state index in [0.717, 1.165) is 39.3 Å². The van der Waals surface area contributed by atoms with Crippen LogP contribution in [0.3, 0.4) is 0 Å². The molecule has 0 amide bonds. The number of hydrogen-bond acceptors (Lipinski definition) is 2. The Morgan fingerprint density at radius 3 is 1.58 bits per heavy atom. The predicted molar refractivity (Wildman–Crippen MR) is 305 cm³/mol. The van der Waals surface area contributed by atoms with Crippen molar-refractivity contribution in [2.45, 2.75) is 48.5 Å². The molecule has 11 aromatic rings.